The van der Waals surface area contributed by atoms with Crippen LogP contribution < -0.4 is 5.32 Å². The van der Waals surface area contributed by atoms with Crippen molar-refractivity contribution in [3.8, 4) is 0 Å². The predicted octanol–water partition coefficient (Wildman–Crippen LogP) is 3.23. The first-order valence-electron chi connectivity index (χ1n) is 9.73. The number of nitrogens with zero attached hydrogens (tertiary/aromatic N) is 2. The van der Waals surface area contributed by atoms with E-state index < -0.39 is 0 Å². The maximum atomic E-state index is 13.1. The quantitative estimate of drug-likeness (QED) is 0.830. The number of pyridine rings is 1. The molecule has 2 aromatic rings. The molecule has 5 heteroatoms. The van der Waals surface area contributed by atoms with Crippen LogP contribution in [-0.2, 0) is 16.1 Å². The number of hydrogen-bond donors (Lipinski definition) is 1. The van der Waals surface area contributed by atoms with Gasteiger partial charge in [0.1, 0.15) is 6.54 Å². The van der Waals surface area contributed by atoms with Crippen molar-refractivity contribution in [1.82, 2.24) is 15.2 Å². The van der Waals surface area contributed by atoms with Gasteiger partial charge >= 0.3 is 0 Å². The van der Waals surface area contributed by atoms with Crippen molar-refractivity contribution in [1.29, 1.82) is 0 Å². The molecule has 1 saturated carbocycles. The summed E-state index contributed by atoms with van der Waals surface area (Å²) in [5.74, 6) is 0.00429. The summed E-state index contributed by atoms with van der Waals surface area (Å²) in [5, 5.41) is 2.89. The molecule has 1 saturated heterocycles. The lowest BCUT2D eigenvalue weighted by Gasteiger charge is -2.58. The SMILES string of the molecule is O=C(CN1C(=O)C2(CCCCC2)C1c1ccccc1)NCc1ccccn1. The van der Waals surface area contributed by atoms with Gasteiger partial charge in [0, 0.05) is 6.20 Å². The molecule has 1 atom stereocenters. The third-order valence-corrected chi connectivity index (χ3v) is 5.89. The van der Waals surface area contributed by atoms with Crippen LogP contribution in [0.1, 0.15) is 49.4 Å². The first kappa shape index (κ1) is 17.7. The van der Waals surface area contributed by atoms with Crippen molar-refractivity contribution in [3.63, 3.8) is 0 Å². The van der Waals surface area contributed by atoms with Crippen LogP contribution >= 0.6 is 0 Å². The van der Waals surface area contributed by atoms with Gasteiger partial charge in [-0.3, -0.25) is 14.6 Å². The molecule has 2 amide bonds. The van der Waals surface area contributed by atoms with Crippen LogP contribution in [0.2, 0.25) is 0 Å². The Morgan fingerprint density at radius 1 is 1.07 bits per heavy atom. The van der Waals surface area contributed by atoms with E-state index in [9.17, 15) is 9.59 Å². The second-order valence-corrected chi connectivity index (χ2v) is 7.56. The highest BCUT2D eigenvalue weighted by Crippen LogP contribution is 2.57. The highest BCUT2D eigenvalue weighted by molar-refractivity contribution is 5.94. The summed E-state index contributed by atoms with van der Waals surface area (Å²) in [5.41, 5.74) is 1.64. The Kier molecular flexibility index (Phi) is 4.92. The molecule has 27 heavy (non-hydrogen) atoms. The van der Waals surface area contributed by atoms with E-state index in [0.717, 1.165) is 36.9 Å². The molecule has 2 heterocycles. The standard InChI is InChI=1S/C22H25N3O2/c26-19(24-15-18-11-5-8-14-23-18)16-25-20(17-9-3-1-4-10-17)22(21(25)27)12-6-2-7-13-22/h1,3-5,8-11,14,20H,2,6-7,12-13,15-16H2,(H,24,26). The number of aromatic nitrogens is 1. The number of rotatable bonds is 5. The molecule has 140 valence electrons. The number of benzene rings is 1. The molecule has 0 bridgehead atoms. The van der Waals surface area contributed by atoms with Gasteiger partial charge in [-0.15, -0.1) is 0 Å². The van der Waals surface area contributed by atoms with E-state index in [0.29, 0.717) is 6.54 Å². The number of β-lactam (4-membered cyclic amide) rings is 1. The lowest BCUT2D eigenvalue weighted by atomic mass is 9.60. The Balaban J connectivity index is 1.47. The minimum Gasteiger partial charge on any atom is -0.349 e. The zero-order valence-electron chi connectivity index (χ0n) is 15.4. The maximum absolute atomic E-state index is 13.1. The van der Waals surface area contributed by atoms with Crippen molar-refractivity contribution in [2.24, 2.45) is 5.41 Å². The Bertz CT molecular complexity index is 801. The molecule has 2 fully saturated rings. The molecule has 1 aromatic heterocycles. The molecule has 2 aliphatic rings. The second-order valence-electron chi connectivity index (χ2n) is 7.56. The predicted molar refractivity (Wildman–Crippen MR) is 102 cm³/mol. The minimum atomic E-state index is -0.305. The molecule has 0 radical (unpaired) electrons. The Morgan fingerprint density at radius 3 is 2.52 bits per heavy atom. The summed E-state index contributed by atoms with van der Waals surface area (Å²) < 4.78 is 0. The van der Waals surface area contributed by atoms with E-state index >= 15 is 0 Å². The molecule has 5 nitrogen and oxygen atoms in total. The molecule has 1 aliphatic heterocycles. The van der Waals surface area contributed by atoms with Crippen LogP contribution in [0.15, 0.2) is 54.7 Å². The smallest absolute Gasteiger partial charge is 0.239 e. The highest BCUT2D eigenvalue weighted by atomic mass is 16.2. The van der Waals surface area contributed by atoms with E-state index in [2.05, 4.69) is 22.4 Å². The number of hydrogen-bond acceptors (Lipinski definition) is 3. The van der Waals surface area contributed by atoms with Crippen molar-refractivity contribution >= 4 is 11.8 Å². The number of carbonyl (C=O) groups is 2. The van der Waals surface area contributed by atoms with Crippen LogP contribution in [0.5, 0.6) is 0 Å². The molecule has 1 aromatic carbocycles. The molecular weight excluding hydrogens is 338 g/mol. The van der Waals surface area contributed by atoms with Crippen molar-refractivity contribution in [2.75, 3.05) is 6.54 Å². The third-order valence-electron chi connectivity index (χ3n) is 5.89. The second kappa shape index (κ2) is 7.51. The summed E-state index contributed by atoms with van der Waals surface area (Å²) in [4.78, 5) is 31.5. The largest absolute Gasteiger partial charge is 0.349 e. The number of nitrogens with one attached hydrogen (secondary N) is 1. The average molecular weight is 363 g/mol. The number of likely N-dealkylation sites (tertiary alicyclic amines) is 1. The highest BCUT2D eigenvalue weighted by Gasteiger charge is 2.60. The van der Waals surface area contributed by atoms with E-state index in [-0.39, 0.29) is 29.8 Å². The van der Waals surface area contributed by atoms with Crippen molar-refractivity contribution in [3.05, 3.63) is 66.0 Å². The van der Waals surface area contributed by atoms with Crippen LogP contribution in [0.25, 0.3) is 0 Å². The summed E-state index contributed by atoms with van der Waals surface area (Å²) in [6.07, 6.45) is 6.94. The maximum Gasteiger partial charge on any atom is 0.239 e. The van der Waals surface area contributed by atoms with Gasteiger partial charge < -0.3 is 10.2 Å². The summed E-state index contributed by atoms with van der Waals surface area (Å²) >= 11 is 0. The fraction of sp³-hybridized carbons (Fsp3) is 0.409. The van der Waals surface area contributed by atoms with E-state index in [1.807, 2.05) is 36.4 Å². The monoisotopic (exact) mass is 363 g/mol. The molecule has 1 aliphatic carbocycles. The van der Waals surface area contributed by atoms with Crippen molar-refractivity contribution in [2.45, 2.75) is 44.7 Å². The topological polar surface area (TPSA) is 62.3 Å². The summed E-state index contributed by atoms with van der Waals surface area (Å²) in [7, 11) is 0. The summed E-state index contributed by atoms with van der Waals surface area (Å²) in [6.45, 7) is 0.482. The number of amides is 2. The first-order valence-corrected chi connectivity index (χ1v) is 9.73. The molecular formula is C22H25N3O2. The lowest BCUT2D eigenvalue weighted by molar-refractivity contribution is -0.180. The van der Waals surface area contributed by atoms with Gasteiger partial charge in [0.2, 0.25) is 11.8 Å². The van der Waals surface area contributed by atoms with Gasteiger partial charge in [-0.1, -0.05) is 55.7 Å². The Hall–Kier alpha value is -2.69. The van der Waals surface area contributed by atoms with Crippen LogP contribution in [-0.4, -0.2) is 28.2 Å². The van der Waals surface area contributed by atoms with E-state index in [4.69, 9.17) is 0 Å². The molecule has 1 N–H and O–H groups in total. The molecule has 4 rings (SSSR count). The molecule has 1 spiro atoms. The van der Waals surface area contributed by atoms with Gasteiger partial charge in [0.15, 0.2) is 0 Å². The summed E-state index contributed by atoms with van der Waals surface area (Å²) in [6, 6.07) is 15.8. The third kappa shape index (κ3) is 3.34. The van der Waals surface area contributed by atoms with Crippen LogP contribution in [0.4, 0.5) is 0 Å². The Labute approximate surface area is 159 Å². The number of carbonyl (C=O) groups excluding carboxylic acids is 2. The normalized spacial score (nSPS) is 21.0. The van der Waals surface area contributed by atoms with Crippen molar-refractivity contribution < 1.29 is 9.59 Å². The lowest BCUT2D eigenvalue weighted by Crippen LogP contribution is -2.65. The Morgan fingerprint density at radius 2 is 1.81 bits per heavy atom. The van der Waals surface area contributed by atoms with Gasteiger partial charge in [0.25, 0.3) is 0 Å². The first-order chi connectivity index (χ1) is 13.2. The minimum absolute atomic E-state index is 0.00657. The fourth-order valence-electron chi connectivity index (χ4n) is 4.62. The fourth-order valence-corrected chi connectivity index (χ4v) is 4.62. The van der Waals surface area contributed by atoms with Crippen LogP contribution in [0.3, 0.4) is 0 Å². The molecule has 1 unspecified atom stereocenters. The van der Waals surface area contributed by atoms with E-state index in [1.165, 1.54) is 6.42 Å². The van der Waals surface area contributed by atoms with Gasteiger partial charge in [-0.05, 0) is 30.5 Å². The van der Waals surface area contributed by atoms with Gasteiger partial charge in [0.05, 0.1) is 23.7 Å². The zero-order valence-corrected chi connectivity index (χ0v) is 15.4. The van der Waals surface area contributed by atoms with Gasteiger partial charge in [-0.2, -0.15) is 0 Å². The average Bonchev–Trinajstić information content (AvgIpc) is 2.74. The van der Waals surface area contributed by atoms with E-state index in [1.54, 1.807) is 11.1 Å². The van der Waals surface area contributed by atoms with Gasteiger partial charge in [-0.25, -0.2) is 0 Å². The zero-order chi connectivity index (χ0) is 18.7. The van der Waals surface area contributed by atoms with Crippen LogP contribution in [0, 0.1) is 5.41 Å².